The highest BCUT2D eigenvalue weighted by Crippen LogP contribution is 2.48. The molecule has 0 saturated heterocycles. The molecule has 5 nitrogen and oxygen atoms in total. The molecule has 0 heterocycles. The molecular weight excluding hydrogens is 468 g/mol. The van der Waals surface area contributed by atoms with Crippen molar-refractivity contribution < 1.29 is 95.0 Å². The molecular formula is C7H2F16O5. The molecule has 0 bridgehead atoms. The van der Waals surface area contributed by atoms with Crippen LogP contribution in [0.15, 0.2) is 0 Å². The molecule has 0 fully saturated rings. The van der Waals surface area contributed by atoms with Crippen LogP contribution in [0.25, 0.3) is 0 Å². The Kier molecular flexibility index (Phi) is 10.1. The van der Waals surface area contributed by atoms with E-state index in [2.05, 4.69) is 0 Å². The fraction of sp³-hybridized carbons (Fsp3) is 0.857. The van der Waals surface area contributed by atoms with Crippen LogP contribution in [0.2, 0.25) is 0 Å². The summed E-state index contributed by atoms with van der Waals surface area (Å²) in [7, 11) is 0. The molecule has 0 aromatic rings. The third-order valence-electron chi connectivity index (χ3n) is 1.68. The number of carbonyl (C=O) groups is 1. The van der Waals surface area contributed by atoms with Crippen LogP contribution in [0.3, 0.4) is 0 Å². The summed E-state index contributed by atoms with van der Waals surface area (Å²) in [6, 6.07) is 0. The van der Waals surface area contributed by atoms with Gasteiger partial charge in [0.25, 0.3) is 0 Å². The van der Waals surface area contributed by atoms with Crippen molar-refractivity contribution in [3.8, 4) is 0 Å². The van der Waals surface area contributed by atoms with Gasteiger partial charge in [-0.05, 0) is 0 Å². The molecule has 0 spiro atoms. The van der Waals surface area contributed by atoms with E-state index in [0.29, 0.717) is 0 Å². The number of hydrogen-bond donors (Lipinski definition) is 1. The Balaban J connectivity index is -0.00000201. The number of ether oxygens (including phenoxy) is 3. The second-order valence-electron chi connectivity index (χ2n) is 3.64. The first-order valence-electron chi connectivity index (χ1n) is 5.00. The van der Waals surface area contributed by atoms with Gasteiger partial charge < -0.3 is 5.11 Å². The van der Waals surface area contributed by atoms with Crippen LogP contribution in [0.5, 0.6) is 0 Å². The lowest BCUT2D eigenvalue weighted by Crippen LogP contribution is -2.57. The molecule has 21 heteroatoms. The molecule has 0 unspecified atom stereocenters. The lowest BCUT2D eigenvalue weighted by atomic mass is 10.5. The average Bonchev–Trinajstić information content (AvgIpc) is 2.34. The Hall–Kier alpha value is -1.77. The summed E-state index contributed by atoms with van der Waals surface area (Å²) in [5.74, 6) is -3.64. The van der Waals surface area contributed by atoms with E-state index in [1.165, 1.54) is 9.47 Å². The van der Waals surface area contributed by atoms with Gasteiger partial charge in [-0.1, -0.05) is 0 Å². The minimum Gasteiger partial charge on any atom is -0.475 e. The van der Waals surface area contributed by atoms with E-state index in [4.69, 9.17) is 14.3 Å². The molecule has 0 rings (SSSR count). The molecule has 0 aliphatic rings. The molecule has 172 valence electrons. The number of carboxylic acid groups (broad SMARTS) is 1. The number of alkyl halides is 13. The summed E-state index contributed by atoms with van der Waals surface area (Å²) in [4.78, 5) is 9.72. The summed E-state index contributed by atoms with van der Waals surface area (Å²) >= 11 is 0. The highest BCUT2D eigenvalue weighted by Gasteiger charge is 2.74. The molecule has 0 amide bonds. The Morgan fingerprint density at radius 3 is 1.07 bits per heavy atom. The SMILES string of the molecule is F.FF.O=C(O)C(F)(F)OC(F)(F)C(F)(F)OC(F)(F)C(F)(F)OC(F)(F)F. The molecule has 0 aromatic carbocycles. The average molecular weight is 470 g/mol. The standard InChI is InChI=1S/C7HF13O5.F2.FH/c8-2(9,1(21)22)23-3(10,11)4(12,13)24-5(14,15)6(16,17)25-7(18,19)20;1-2;/h(H,21,22);;1H. The first kappa shape index (κ1) is 30.9. The van der Waals surface area contributed by atoms with Gasteiger partial charge in [-0.3, -0.25) is 4.70 Å². The summed E-state index contributed by atoms with van der Waals surface area (Å²) in [6.45, 7) is 0. The van der Waals surface area contributed by atoms with Crippen molar-refractivity contribution in [2.24, 2.45) is 0 Å². The molecule has 0 aliphatic heterocycles. The Morgan fingerprint density at radius 1 is 0.571 bits per heavy atom. The highest BCUT2D eigenvalue weighted by atomic mass is 20.0. The third-order valence-corrected chi connectivity index (χ3v) is 1.68. The van der Waals surface area contributed by atoms with Crippen LogP contribution in [-0.2, 0) is 19.0 Å². The Morgan fingerprint density at radius 2 is 0.821 bits per heavy atom. The zero-order valence-corrected chi connectivity index (χ0v) is 11.7. The predicted molar refractivity (Wildman–Crippen MR) is 46.4 cm³/mol. The summed E-state index contributed by atoms with van der Waals surface area (Å²) in [5, 5.41) is 7.65. The lowest BCUT2D eigenvalue weighted by molar-refractivity contribution is -0.562. The van der Waals surface area contributed by atoms with Gasteiger partial charge in [-0.2, -0.15) is 43.9 Å². The third kappa shape index (κ3) is 8.08. The molecule has 0 aliphatic carbocycles. The Bertz CT molecular complexity index is 500. The second-order valence-corrected chi connectivity index (χ2v) is 3.64. The van der Waals surface area contributed by atoms with Crippen molar-refractivity contribution >= 4 is 5.97 Å². The van der Waals surface area contributed by atoms with E-state index in [-0.39, 0.29) is 4.70 Å². The predicted octanol–water partition coefficient (Wildman–Crippen LogP) is 4.60. The van der Waals surface area contributed by atoms with Crippen LogP contribution in [-0.4, -0.2) is 48.0 Å². The van der Waals surface area contributed by atoms with E-state index in [0.717, 1.165) is 0 Å². The lowest BCUT2D eigenvalue weighted by Gasteiger charge is -2.32. The van der Waals surface area contributed by atoms with Crippen LogP contribution < -0.4 is 0 Å². The van der Waals surface area contributed by atoms with E-state index in [9.17, 15) is 61.9 Å². The molecule has 1 N–H and O–H groups in total. The number of hydrogen-bond acceptors (Lipinski definition) is 4. The molecule has 0 saturated carbocycles. The number of rotatable bonds is 8. The maximum atomic E-state index is 12.7. The van der Waals surface area contributed by atoms with E-state index >= 15 is 0 Å². The van der Waals surface area contributed by atoms with Gasteiger partial charge in [-0.25, -0.2) is 19.0 Å². The zero-order chi connectivity index (χ0) is 22.7. The van der Waals surface area contributed by atoms with Crippen LogP contribution in [0.1, 0.15) is 0 Å². The van der Waals surface area contributed by atoms with Gasteiger partial charge in [0.05, 0.1) is 0 Å². The smallest absolute Gasteiger partial charge is 0.475 e. The normalized spacial score (nSPS) is 14.0. The first-order valence-corrected chi connectivity index (χ1v) is 5.00. The van der Waals surface area contributed by atoms with Gasteiger partial charge in [0.2, 0.25) is 0 Å². The Labute approximate surface area is 139 Å². The van der Waals surface area contributed by atoms with Crippen molar-refractivity contribution in [3.05, 3.63) is 0 Å². The zero-order valence-electron chi connectivity index (χ0n) is 11.7. The fourth-order valence-electron chi connectivity index (χ4n) is 0.749. The van der Waals surface area contributed by atoms with E-state index in [1.54, 1.807) is 4.74 Å². The number of aliphatic carboxylic acids is 1. The second kappa shape index (κ2) is 9.15. The fourth-order valence-corrected chi connectivity index (χ4v) is 0.749. The van der Waals surface area contributed by atoms with E-state index in [1.807, 2.05) is 0 Å². The summed E-state index contributed by atoms with van der Waals surface area (Å²) < 4.78 is 180. The monoisotopic (exact) mass is 470 g/mol. The highest BCUT2D eigenvalue weighted by molar-refractivity contribution is 5.73. The van der Waals surface area contributed by atoms with Gasteiger partial charge in [0.1, 0.15) is 0 Å². The first-order chi connectivity index (χ1) is 11.6. The quantitative estimate of drug-likeness (QED) is 0.526. The summed E-state index contributed by atoms with van der Waals surface area (Å²) in [5.41, 5.74) is 0. The molecule has 0 radical (unpaired) electrons. The summed E-state index contributed by atoms with van der Waals surface area (Å²) in [6.07, 6.45) is -41.1. The number of halogens is 16. The van der Waals surface area contributed by atoms with Crippen LogP contribution >= 0.6 is 0 Å². The van der Waals surface area contributed by atoms with Crippen LogP contribution in [0, 0.1) is 0 Å². The maximum absolute atomic E-state index is 12.7. The van der Waals surface area contributed by atoms with Crippen molar-refractivity contribution in [2.45, 2.75) is 36.9 Å². The van der Waals surface area contributed by atoms with Crippen molar-refractivity contribution in [1.82, 2.24) is 0 Å². The maximum Gasteiger partial charge on any atom is 0.527 e. The van der Waals surface area contributed by atoms with Crippen molar-refractivity contribution in [1.29, 1.82) is 0 Å². The van der Waals surface area contributed by atoms with Gasteiger partial charge in [0.15, 0.2) is 0 Å². The molecule has 0 atom stereocenters. The minimum atomic E-state index is -7.17. The van der Waals surface area contributed by atoms with Crippen molar-refractivity contribution in [2.75, 3.05) is 0 Å². The van der Waals surface area contributed by atoms with Crippen molar-refractivity contribution in [3.63, 3.8) is 0 Å². The van der Waals surface area contributed by atoms with Gasteiger partial charge >= 0.3 is 42.9 Å². The molecule has 28 heavy (non-hydrogen) atoms. The topological polar surface area (TPSA) is 65.0 Å². The number of carboxylic acids is 1. The van der Waals surface area contributed by atoms with Gasteiger partial charge in [0, 0.05) is 9.15 Å². The van der Waals surface area contributed by atoms with Crippen LogP contribution in [0.4, 0.5) is 70.9 Å². The van der Waals surface area contributed by atoms with E-state index < -0.39 is 42.9 Å². The minimum absolute atomic E-state index is 0. The largest absolute Gasteiger partial charge is 0.527 e. The molecule has 0 aromatic heterocycles. The van der Waals surface area contributed by atoms with Gasteiger partial charge in [-0.15, -0.1) is 13.2 Å².